The molecule has 0 aromatic heterocycles. The number of hydrogen-bond donors (Lipinski definition) is 2. The van der Waals surface area contributed by atoms with Gasteiger partial charge >= 0.3 is 0 Å². The van der Waals surface area contributed by atoms with Crippen LogP contribution in [0, 0.1) is 0 Å². The Bertz CT molecular complexity index is 362. The van der Waals surface area contributed by atoms with E-state index >= 15 is 0 Å². The maximum atomic E-state index is 12.0. The lowest BCUT2D eigenvalue weighted by Crippen LogP contribution is -2.42. The average Bonchev–Trinajstić information content (AvgIpc) is 2.51. The topological polar surface area (TPSA) is 60.0 Å². The van der Waals surface area contributed by atoms with Gasteiger partial charge in [-0.3, -0.25) is 14.7 Å². The molecule has 0 fully saturated rings. The van der Waals surface area contributed by atoms with Crippen molar-refractivity contribution in [3.8, 4) is 0 Å². The molecule has 0 aliphatic carbocycles. The van der Waals surface area contributed by atoms with Crippen LogP contribution in [0.4, 0.5) is 0 Å². The van der Waals surface area contributed by atoms with Gasteiger partial charge in [-0.05, 0) is 48.5 Å². The number of nitrogens with zero attached hydrogens (tertiary/aromatic N) is 3. The first-order chi connectivity index (χ1) is 11.4. The molecule has 1 amide bonds. The molecule has 0 radical (unpaired) electrons. The Morgan fingerprint density at radius 3 is 2.00 bits per heavy atom. The number of nitrogens with one attached hydrogen (secondary N) is 2. The van der Waals surface area contributed by atoms with Crippen molar-refractivity contribution in [1.82, 2.24) is 20.4 Å². The fourth-order valence-electron chi connectivity index (χ4n) is 2.75. The van der Waals surface area contributed by atoms with Gasteiger partial charge in [-0.2, -0.15) is 0 Å². The first-order valence-electron chi connectivity index (χ1n) is 9.42. The molecule has 0 aromatic rings. The fraction of sp³-hybridized carbons (Fsp3) is 0.889. The fourth-order valence-corrected chi connectivity index (χ4v) is 2.75. The Balaban J connectivity index is 0. The Morgan fingerprint density at radius 1 is 1.00 bits per heavy atom. The second-order valence-corrected chi connectivity index (χ2v) is 6.43. The molecule has 7 heteroatoms. The van der Waals surface area contributed by atoms with Gasteiger partial charge in [0.15, 0.2) is 5.96 Å². The highest BCUT2D eigenvalue weighted by atomic mass is 127. The van der Waals surface area contributed by atoms with Gasteiger partial charge < -0.3 is 15.5 Å². The number of aliphatic imine (C=N–C) groups is 1. The smallest absolute Gasteiger partial charge is 0.224 e. The zero-order valence-corrected chi connectivity index (χ0v) is 19.6. The minimum atomic E-state index is 0. The van der Waals surface area contributed by atoms with Crippen molar-refractivity contribution in [1.29, 1.82) is 0 Å². The first kappa shape index (κ1) is 26.7. The summed E-state index contributed by atoms with van der Waals surface area (Å²) >= 11 is 0. The standard InChI is InChI=1S/C18H39N5O.HI/c1-8-19-18(20-12-11-17(24)22(9-2)10-3)21-13-14-23(15(4)5)16(6)7;/h15-16H,8-14H2,1-7H3,(H2,19,20,21);1H. The van der Waals surface area contributed by atoms with Crippen LogP contribution in [0.15, 0.2) is 4.99 Å². The maximum absolute atomic E-state index is 12.0. The molecule has 0 aliphatic heterocycles. The van der Waals surface area contributed by atoms with Crippen molar-refractivity contribution in [3.05, 3.63) is 0 Å². The molecule has 0 atom stereocenters. The highest BCUT2D eigenvalue weighted by molar-refractivity contribution is 14.0. The third-order valence-electron chi connectivity index (χ3n) is 4.05. The zero-order valence-electron chi connectivity index (χ0n) is 17.3. The summed E-state index contributed by atoms with van der Waals surface area (Å²) in [5.74, 6) is 0.978. The van der Waals surface area contributed by atoms with Gasteiger partial charge in [0, 0.05) is 51.2 Å². The third-order valence-corrected chi connectivity index (χ3v) is 4.05. The minimum absolute atomic E-state index is 0. The molecular formula is C18H40IN5O. The van der Waals surface area contributed by atoms with Gasteiger partial charge in [0.2, 0.25) is 5.91 Å². The van der Waals surface area contributed by atoms with Gasteiger partial charge in [0.05, 0.1) is 6.54 Å². The number of hydrogen-bond acceptors (Lipinski definition) is 3. The molecular weight excluding hydrogens is 429 g/mol. The van der Waals surface area contributed by atoms with E-state index in [1.54, 1.807) is 0 Å². The maximum Gasteiger partial charge on any atom is 0.224 e. The monoisotopic (exact) mass is 469 g/mol. The van der Waals surface area contributed by atoms with E-state index in [4.69, 9.17) is 0 Å². The lowest BCUT2D eigenvalue weighted by atomic mass is 10.2. The zero-order chi connectivity index (χ0) is 18.5. The number of halogens is 1. The molecule has 0 aliphatic rings. The summed E-state index contributed by atoms with van der Waals surface area (Å²) in [7, 11) is 0. The van der Waals surface area contributed by atoms with E-state index < -0.39 is 0 Å². The van der Waals surface area contributed by atoms with E-state index in [-0.39, 0.29) is 29.9 Å². The molecule has 0 heterocycles. The predicted molar refractivity (Wildman–Crippen MR) is 119 cm³/mol. The van der Waals surface area contributed by atoms with Gasteiger partial charge in [0.1, 0.15) is 0 Å². The quantitative estimate of drug-likeness (QED) is 0.278. The predicted octanol–water partition coefficient (Wildman–Crippen LogP) is 2.54. The van der Waals surface area contributed by atoms with Crippen molar-refractivity contribution < 1.29 is 4.79 Å². The Morgan fingerprint density at radius 2 is 1.56 bits per heavy atom. The SMILES string of the molecule is CCNC(=NCCN(C(C)C)C(C)C)NCCC(=O)N(CC)CC.I. The number of carbonyl (C=O) groups excluding carboxylic acids is 1. The summed E-state index contributed by atoms with van der Waals surface area (Å²) in [5, 5.41) is 6.50. The number of guanidine groups is 1. The van der Waals surface area contributed by atoms with Gasteiger partial charge in [-0.15, -0.1) is 24.0 Å². The highest BCUT2D eigenvalue weighted by Gasteiger charge is 2.12. The van der Waals surface area contributed by atoms with Crippen molar-refractivity contribution in [2.75, 3.05) is 39.3 Å². The summed E-state index contributed by atoms with van der Waals surface area (Å²) in [6.45, 7) is 19.6. The van der Waals surface area contributed by atoms with E-state index in [1.165, 1.54) is 0 Å². The molecule has 6 nitrogen and oxygen atoms in total. The van der Waals surface area contributed by atoms with Crippen LogP contribution in [0.2, 0.25) is 0 Å². The van der Waals surface area contributed by atoms with Crippen LogP contribution in [0.3, 0.4) is 0 Å². The van der Waals surface area contributed by atoms with Crippen molar-refractivity contribution in [3.63, 3.8) is 0 Å². The lowest BCUT2D eigenvalue weighted by Gasteiger charge is -2.29. The molecule has 0 spiro atoms. The van der Waals surface area contributed by atoms with Crippen LogP contribution in [-0.4, -0.2) is 73.0 Å². The van der Waals surface area contributed by atoms with Crippen molar-refractivity contribution in [2.24, 2.45) is 4.99 Å². The van der Waals surface area contributed by atoms with Crippen LogP contribution in [0.5, 0.6) is 0 Å². The second kappa shape index (κ2) is 15.7. The molecule has 0 bridgehead atoms. The Kier molecular flexibility index (Phi) is 16.7. The summed E-state index contributed by atoms with van der Waals surface area (Å²) < 4.78 is 0. The second-order valence-electron chi connectivity index (χ2n) is 6.43. The summed E-state index contributed by atoms with van der Waals surface area (Å²) in [6.07, 6.45) is 0.496. The van der Waals surface area contributed by atoms with Gasteiger partial charge in [-0.25, -0.2) is 0 Å². The molecule has 25 heavy (non-hydrogen) atoms. The minimum Gasteiger partial charge on any atom is -0.357 e. The highest BCUT2D eigenvalue weighted by Crippen LogP contribution is 2.03. The summed E-state index contributed by atoms with van der Waals surface area (Å²) in [5.41, 5.74) is 0. The van der Waals surface area contributed by atoms with Crippen LogP contribution >= 0.6 is 24.0 Å². The van der Waals surface area contributed by atoms with E-state index in [0.29, 0.717) is 25.0 Å². The van der Waals surface area contributed by atoms with Crippen molar-refractivity contribution >= 4 is 35.8 Å². The van der Waals surface area contributed by atoms with E-state index in [0.717, 1.165) is 38.7 Å². The van der Waals surface area contributed by atoms with E-state index in [2.05, 4.69) is 48.2 Å². The lowest BCUT2D eigenvalue weighted by molar-refractivity contribution is -0.130. The summed E-state index contributed by atoms with van der Waals surface area (Å²) in [4.78, 5) is 20.9. The van der Waals surface area contributed by atoms with Crippen LogP contribution in [0.1, 0.15) is 54.9 Å². The van der Waals surface area contributed by atoms with Gasteiger partial charge in [-0.1, -0.05) is 0 Å². The normalized spacial score (nSPS) is 11.7. The molecule has 2 N–H and O–H groups in total. The largest absolute Gasteiger partial charge is 0.357 e. The average molecular weight is 469 g/mol. The number of carbonyl (C=O) groups is 1. The Labute approximate surface area is 172 Å². The Hall–Kier alpha value is -0.570. The van der Waals surface area contributed by atoms with Crippen LogP contribution in [0.25, 0.3) is 0 Å². The van der Waals surface area contributed by atoms with Crippen LogP contribution in [-0.2, 0) is 4.79 Å². The summed E-state index contributed by atoms with van der Waals surface area (Å²) in [6, 6.07) is 1.03. The molecule has 0 saturated heterocycles. The van der Waals surface area contributed by atoms with Gasteiger partial charge in [0.25, 0.3) is 0 Å². The van der Waals surface area contributed by atoms with Crippen molar-refractivity contribution in [2.45, 2.75) is 67.0 Å². The molecule has 150 valence electrons. The molecule has 0 aromatic carbocycles. The first-order valence-corrected chi connectivity index (χ1v) is 9.42. The van der Waals surface area contributed by atoms with E-state index in [1.807, 2.05) is 25.7 Å². The number of rotatable bonds is 11. The third kappa shape index (κ3) is 11.6. The molecule has 0 unspecified atom stereocenters. The molecule has 0 saturated carbocycles. The molecule has 0 rings (SSSR count). The van der Waals surface area contributed by atoms with E-state index in [9.17, 15) is 4.79 Å². The number of amides is 1. The van der Waals surface area contributed by atoms with Crippen LogP contribution < -0.4 is 10.6 Å².